The lowest BCUT2D eigenvalue weighted by Crippen LogP contribution is -2.40. The maximum absolute atomic E-state index is 11.9. The number of amides is 2. The van der Waals surface area contributed by atoms with E-state index >= 15 is 0 Å². The Morgan fingerprint density at radius 1 is 1.12 bits per heavy atom. The van der Waals surface area contributed by atoms with Crippen molar-refractivity contribution in [3.05, 3.63) is 35.6 Å². The van der Waals surface area contributed by atoms with E-state index in [1.54, 1.807) is 32.9 Å². The number of alkyl carbamates (subject to hydrolysis) is 1. The second-order valence-electron chi connectivity index (χ2n) is 8.14. The van der Waals surface area contributed by atoms with Crippen LogP contribution >= 0.6 is 11.6 Å². The predicted octanol–water partition coefficient (Wildman–Crippen LogP) is 3.19. The van der Waals surface area contributed by atoms with Gasteiger partial charge in [-0.1, -0.05) is 17.7 Å². The molecule has 5 N–H and O–H groups in total. The average molecular weight is 475 g/mol. The van der Waals surface area contributed by atoms with Crippen molar-refractivity contribution in [1.29, 1.82) is 0 Å². The fourth-order valence-electron chi connectivity index (χ4n) is 2.84. The molecule has 0 aliphatic heterocycles. The van der Waals surface area contributed by atoms with Gasteiger partial charge in [-0.05, 0) is 45.4 Å². The van der Waals surface area contributed by atoms with Crippen molar-refractivity contribution >= 4 is 52.0 Å². The third kappa shape index (κ3) is 7.49. The Morgan fingerprint density at radius 3 is 2.70 bits per heavy atom. The number of aromatic nitrogens is 4. The number of carbonyl (C=O) groups is 2. The van der Waals surface area contributed by atoms with Crippen LogP contribution in [0.1, 0.15) is 27.2 Å². The summed E-state index contributed by atoms with van der Waals surface area (Å²) < 4.78 is 5.09. The third-order valence-electron chi connectivity index (χ3n) is 4.21. The summed E-state index contributed by atoms with van der Waals surface area (Å²) in [6.45, 7) is 6.08. The molecular weight excluding hydrogens is 448 g/mol. The first kappa shape index (κ1) is 24.1. The van der Waals surface area contributed by atoms with Crippen LogP contribution in [-0.2, 0) is 9.53 Å². The zero-order valence-electron chi connectivity index (χ0n) is 18.7. The largest absolute Gasteiger partial charge is 0.444 e. The Bertz CT molecular complexity index is 1110. The normalized spacial score (nSPS) is 11.2. The molecule has 176 valence electrons. The van der Waals surface area contributed by atoms with E-state index in [-0.39, 0.29) is 12.5 Å². The Kier molecular flexibility index (Phi) is 7.88. The lowest BCUT2D eigenvalue weighted by molar-refractivity contribution is -0.120. The number of halogens is 1. The van der Waals surface area contributed by atoms with Gasteiger partial charge in [0, 0.05) is 23.8 Å². The number of fused-ring (bicyclic) bond motifs is 1. The summed E-state index contributed by atoms with van der Waals surface area (Å²) >= 11 is 6.06. The minimum atomic E-state index is -0.630. The highest BCUT2D eigenvalue weighted by atomic mass is 35.5. The third-order valence-corrected chi connectivity index (χ3v) is 4.44. The Hall–Kier alpha value is -3.60. The zero-order chi connectivity index (χ0) is 23.8. The highest BCUT2D eigenvalue weighted by Crippen LogP contribution is 2.28. The lowest BCUT2D eigenvalue weighted by Gasteiger charge is -2.19. The van der Waals surface area contributed by atoms with Crippen molar-refractivity contribution in [2.45, 2.75) is 32.8 Å². The smallest absolute Gasteiger partial charge is 0.408 e. The molecule has 0 radical (unpaired) electrons. The molecule has 2 aromatic heterocycles. The van der Waals surface area contributed by atoms with Crippen LogP contribution in [0, 0.1) is 0 Å². The molecule has 0 atom stereocenters. The standard InChI is InChI=1S/C21H27ClN8O3/c1-21(2,3)33-20(32)25-11-15(31)23-8-5-9-24-18-16-17(26-12-27-19(16)30-29-18)28-14-7-4-6-13(22)10-14/h4,6-7,10,12H,5,8-9,11H2,1-3H3,(H,23,31)(H,25,32)(H3,24,26,27,28,29,30). The number of benzene rings is 1. The van der Waals surface area contributed by atoms with Gasteiger partial charge in [0.25, 0.3) is 0 Å². The highest BCUT2D eigenvalue weighted by molar-refractivity contribution is 6.30. The van der Waals surface area contributed by atoms with Gasteiger partial charge < -0.3 is 26.0 Å². The quantitative estimate of drug-likeness (QED) is 0.297. The summed E-state index contributed by atoms with van der Waals surface area (Å²) in [7, 11) is 0. The Balaban J connectivity index is 1.47. The highest BCUT2D eigenvalue weighted by Gasteiger charge is 2.16. The van der Waals surface area contributed by atoms with Gasteiger partial charge in [0.2, 0.25) is 5.91 Å². The first-order chi connectivity index (χ1) is 15.7. The number of aromatic amines is 1. The molecule has 0 bridgehead atoms. The van der Waals surface area contributed by atoms with Crippen LogP contribution in [0.15, 0.2) is 30.6 Å². The first-order valence-electron chi connectivity index (χ1n) is 10.4. The van der Waals surface area contributed by atoms with Crippen molar-refractivity contribution in [2.75, 3.05) is 30.3 Å². The van der Waals surface area contributed by atoms with Crippen LogP contribution < -0.4 is 21.3 Å². The second-order valence-corrected chi connectivity index (χ2v) is 8.58. The van der Waals surface area contributed by atoms with Crippen LogP contribution in [0.25, 0.3) is 11.0 Å². The number of rotatable bonds is 9. The Labute approximate surface area is 196 Å². The minimum Gasteiger partial charge on any atom is -0.444 e. The summed E-state index contributed by atoms with van der Waals surface area (Å²) in [5.74, 6) is 0.876. The number of nitrogens with zero attached hydrogens (tertiary/aromatic N) is 3. The molecule has 2 amide bonds. The lowest BCUT2D eigenvalue weighted by atomic mass is 10.2. The maximum Gasteiger partial charge on any atom is 0.408 e. The SMILES string of the molecule is CC(C)(C)OC(=O)NCC(=O)NCCCNc1n[nH]c2ncnc(Nc3cccc(Cl)c3)c12. The molecule has 0 aliphatic carbocycles. The van der Waals surface area contributed by atoms with Gasteiger partial charge in [-0.15, -0.1) is 0 Å². The van der Waals surface area contributed by atoms with Crippen molar-refractivity contribution in [2.24, 2.45) is 0 Å². The van der Waals surface area contributed by atoms with E-state index in [1.807, 2.05) is 12.1 Å². The molecule has 1 aromatic carbocycles. The predicted molar refractivity (Wildman–Crippen MR) is 127 cm³/mol. The molecule has 12 heteroatoms. The van der Waals surface area contributed by atoms with E-state index in [4.69, 9.17) is 16.3 Å². The van der Waals surface area contributed by atoms with Gasteiger partial charge in [0.05, 0.1) is 6.54 Å². The molecular formula is C21H27ClN8O3. The molecule has 11 nitrogen and oxygen atoms in total. The van der Waals surface area contributed by atoms with E-state index in [9.17, 15) is 9.59 Å². The van der Waals surface area contributed by atoms with Crippen molar-refractivity contribution < 1.29 is 14.3 Å². The van der Waals surface area contributed by atoms with Gasteiger partial charge >= 0.3 is 6.09 Å². The molecule has 0 spiro atoms. The number of carbonyl (C=O) groups excluding carboxylic acids is 2. The van der Waals surface area contributed by atoms with Gasteiger partial charge in [0.15, 0.2) is 11.5 Å². The van der Waals surface area contributed by atoms with Crippen LogP contribution in [0.4, 0.5) is 22.1 Å². The topological polar surface area (TPSA) is 146 Å². The second kappa shape index (κ2) is 10.8. The summed E-state index contributed by atoms with van der Waals surface area (Å²) in [4.78, 5) is 32.0. The number of hydrogen-bond acceptors (Lipinski definition) is 8. The first-order valence-corrected chi connectivity index (χ1v) is 10.8. The van der Waals surface area contributed by atoms with E-state index in [1.165, 1.54) is 6.33 Å². The van der Waals surface area contributed by atoms with E-state index < -0.39 is 11.7 Å². The number of nitrogens with one attached hydrogen (secondary N) is 5. The molecule has 2 heterocycles. The molecule has 0 saturated carbocycles. The van der Waals surface area contributed by atoms with E-state index in [0.717, 1.165) is 5.69 Å². The van der Waals surface area contributed by atoms with Crippen LogP contribution in [-0.4, -0.2) is 57.4 Å². The van der Waals surface area contributed by atoms with Gasteiger partial charge in [-0.3, -0.25) is 9.89 Å². The molecule has 3 aromatic rings. The monoisotopic (exact) mass is 474 g/mol. The number of anilines is 3. The molecule has 0 fully saturated rings. The van der Waals surface area contributed by atoms with E-state index in [0.29, 0.717) is 47.2 Å². The average Bonchev–Trinajstić information content (AvgIpc) is 3.15. The number of hydrogen-bond donors (Lipinski definition) is 5. The van der Waals surface area contributed by atoms with E-state index in [2.05, 4.69) is 41.4 Å². The fraction of sp³-hybridized carbons (Fsp3) is 0.381. The van der Waals surface area contributed by atoms with Gasteiger partial charge in [0.1, 0.15) is 23.1 Å². The maximum atomic E-state index is 11.9. The van der Waals surface area contributed by atoms with Crippen molar-refractivity contribution in [3.8, 4) is 0 Å². The summed E-state index contributed by atoms with van der Waals surface area (Å²) in [6.07, 6.45) is 1.45. The Morgan fingerprint density at radius 2 is 1.94 bits per heavy atom. The zero-order valence-corrected chi connectivity index (χ0v) is 19.4. The van der Waals surface area contributed by atoms with Crippen molar-refractivity contribution in [1.82, 2.24) is 30.8 Å². The van der Waals surface area contributed by atoms with Gasteiger partial charge in [-0.25, -0.2) is 14.8 Å². The summed E-state index contributed by atoms with van der Waals surface area (Å²) in [5, 5.41) is 20.1. The molecule has 33 heavy (non-hydrogen) atoms. The fourth-order valence-corrected chi connectivity index (χ4v) is 3.03. The molecule has 0 aliphatic rings. The van der Waals surface area contributed by atoms with Crippen LogP contribution in [0.2, 0.25) is 5.02 Å². The van der Waals surface area contributed by atoms with Gasteiger partial charge in [-0.2, -0.15) is 5.10 Å². The number of H-pyrrole nitrogens is 1. The van der Waals surface area contributed by atoms with Crippen molar-refractivity contribution in [3.63, 3.8) is 0 Å². The molecule has 0 saturated heterocycles. The molecule has 0 unspecified atom stereocenters. The van der Waals surface area contributed by atoms with Crippen LogP contribution in [0.3, 0.4) is 0 Å². The number of ether oxygens (including phenoxy) is 1. The van der Waals surface area contributed by atoms with Crippen LogP contribution in [0.5, 0.6) is 0 Å². The minimum absolute atomic E-state index is 0.151. The summed E-state index contributed by atoms with van der Waals surface area (Å²) in [6, 6.07) is 7.31. The summed E-state index contributed by atoms with van der Waals surface area (Å²) in [5.41, 5.74) is 0.757. The molecule has 3 rings (SSSR count).